The zero-order chi connectivity index (χ0) is 11.4. The van der Waals surface area contributed by atoms with Crippen LogP contribution in [0.15, 0.2) is 24.4 Å². The van der Waals surface area contributed by atoms with Crippen LogP contribution in [0.25, 0.3) is 0 Å². The first-order chi connectivity index (χ1) is 7.75. The van der Waals surface area contributed by atoms with Crippen LogP contribution >= 0.6 is 0 Å². The maximum absolute atomic E-state index is 10.6. The van der Waals surface area contributed by atoms with Gasteiger partial charge in [-0.05, 0) is 12.1 Å². The fourth-order valence-electron chi connectivity index (χ4n) is 1.68. The van der Waals surface area contributed by atoms with Gasteiger partial charge in [-0.15, -0.1) is 5.06 Å². The molecule has 86 valence electrons. The number of hydrogen-bond donors (Lipinski definition) is 1. The van der Waals surface area contributed by atoms with Crippen LogP contribution in [-0.4, -0.2) is 42.3 Å². The third kappa shape index (κ3) is 2.60. The molecule has 6 nitrogen and oxygen atoms in total. The molecule has 1 aliphatic heterocycles. The molecule has 0 saturated carbocycles. The van der Waals surface area contributed by atoms with Gasteiger partial charge in [-0.3, -0.25) is 0 Å². The van der Waals surface area contributed by atoms with Gasteiger partial charge in [0.1, 0.15) is 5.82 Å². The summed E-state index contributed by atoms with van der Waals surface area (Å²) in [7, 11) is 0. The Labute approximate surface area is 93.6 Å². The molecule has 0 radical (unpaired) electrons. The number of carbonyl (C=O) groups is 1. The largest absolute Gasteiger partial charge is 0.423 e. The molecular formula is C10H14N4O2. The highest BCUT2D eigenvalue weighted by atomic mass is 16.7. The Morgan fingerprint density at radius 3 is 2.62 bits per heavy atom. The lowest BCUT2D eigenvalue weighted by Gasteiger charge is -2.33. The fraction of sp³-hybridized carbons (Fsp3) is 0.400. The van der Waals surface area contributed by atoms with E-state index < -0.39 is 6.09 Å². The third-order valence-corrected chi connectivity index (χ3v) is 2.43. The Morgan fingerprint density at radius 2 is 2.06 bits per heavy atom. The highest BCUT2D eigenvalue weighted by Gasteiger charge is 2.19. The molecular weight excluding hydrogens is 208 g/mol. The minimum Gasteiger partial charge on any atom is -0.354 e. The lowest BCUT2D eigenvalue weighted by atomic mass is 10.3. The van der Waals surface area contributed by atoms with Gasteiger partial charge in [0, 0.05) is 19.3 Å². The summed E-state index contributed by atoms with van der Waals surface area (Å²) in [5.41, 5.74) is 4.94. The summed E-state index contributed by atoms with van der Waals surface area (Å²) >= 11 is 0. The number of nitrogens with two attached hydrogens (primary N) is 1. The van der Waals surface area contributed by atoms with Gasteiger partial charge in [0.05, 0.1) is 13.1 Å². The topological polar surface area (TPSA) is 71.7 Å². The number of piperazine rings is 1. The zero-order valence-corrected chi connectivity index (χ0v) is 8.87. The number of hydrogen-bond acceptors (Lipinski definition) is 5. The number of rotatable bonds is 2. The summed E-state index contributed by atoms with van der Waals surface area (Å²) in [6, 6.07) is 5.80. The van der Waals surface area contributed by atoms with E-state index in [4.69, 9.17) is 10.6 Å². The molecule has 2 heterocycles. The molecule has 1 aromatic rings. The number of anilines is 1. The second-order valence-corrected chi connectivity index (χ2v) is 3.51. The van der Waals surface area contributed by atoms with Gasteiger partial charge in [-0.1, -0.05) is 6.07 Å². The van der Waals surface area contributed by atoms with E-state index in [2.05, 4.69) is 9.88 Å². The van der Waals surface area contributed by atoms with Gasteiger partial charge in [0.15, 0.2) is 0 Å². The molecule has 16 heavy (non-hydrogen) atoms. The van der Waals surface area contributed by atoms with Gasteiger partial charge in [0.2, 0.25) is 0 Å². The minimum atomic E-state index is -0.758. The average Bonchev–Trinajstić information content (AvgIpc) is 2.30. The Morgan fingerprint density at radius 1 is 1.31 bits per heavy atom. The van der Waals surface area contributed by atoms with Crippen LogP contribution in [0.2, 0.25) is 0 Å². The monoisotopic (exact) mass is 222 g/mol. The van der Waals surface area contributed by atoms with Crippen molar-refractivity contribution in [1.82, 2.24) is 10.0 Å². The zero-order valence-electron chi connectivity index (χ0n) is 8.87. The summed E-state index contributed by atoms with van der Waals surface area (Å²) in [5, 5.41) is 1.57. The van der Waals surface area contributed by atoms with E-state index in [9.17, 15) is 4.79 Å². The van der Waals surface area contributed by atoms with Crippen LogP contribution in [0, 0.1) is 0 Å². The predicted molar refractivity (Wildman–Crippen MR) is 58.7 cm³/mol. The Bertz CT molecular complexity index is 349. The smallest absolute Gasteiger partial charge is 0.354 e. The van der Waals surface area contributed by atoms with Crippen molar-refractivity contribution in [3.63, 3.8) is 0 Å². The Hall–Kier alpha value is -1.82. The first-order valence-electron chi connectivity index (χ1n) is 5.14. The van der Waals surface area contributed by atoms with Crippen LogP contribution in [0.1, 0.15) is 0 Å². The predicted octanol–water partition coefficient (Wildman–Crippen LogP) is 0.214. The SMILES string of the molecule is NC(=O)ON1CCN(c2ccccn2)CC1. The summed E-state index contributed by atoms with van der Waals surface area (Å²) in [6.45, 7) is 2.81. The van der Waals surface area contributed by atoms with E-state index in [1.54, 1.807) is 11.3 Å². The molecule has 0 unspecified atom stereocenters. The van der Waals surface area contributed by atoms with Gasteiger partial charge < -0.3 is 15.5 Å². The van der Waals surface area contributed by atoms with Gasteiger partial charge in [-0.2, -0.15) is 0 Å². The molecule has 0 bridgehead atoms. The third-order valence-electron chi connectivity index (χ3n) is 2.43. The van der Waals surface area contributed by atoms with Crippen molar-refractivity contribution in [1.29, 1.82) is 0 Å². The molecule has 0 aromatic carbocycles. The Kier molecular flexibility index (Phi) is 3.21. The van der Waals surface area contributed by atoms with Gasteiger partial charge >= 0.3 is 6.09 Å². The highest BCUT2D eigenvalue weighted by Crippen LogP contribution is 2.12. The van der Waals surface area contributed by atoms with Crippen molar-refractivity contribution in [3.05, 3.63) is 24.4 Å². The van der Waals surface area contributed by atoms with Crippen molar-refractivity contribution in [2.45, 2.75) is 0 Å². The van der Waals surface area contributed by atoms with E-state index in [1.807, 2.05) is 18.2 Å². The molecule has 0 spiro atoms. The maximum atomic E-state index is 10.6. The second-order valence-electron chi connectivity index (χ2n) is 3.51. The number of aromatic nitrogens is 1. The lowest BCUT2D eigenvalue weighted by Crippen LogP contribution is -2.47. The summed E-state index contributed by atoms with van der Waals surface area (Å²) < 4.78 is 0. The average molecular weight is 222 g/mol. The quantitative estimate of drug-likeness (QED) is 0.774. The van der Waals surface area contributed by atoms with E-state index in [1.165, 1.54) is 0 Å². The molecule has 2 N–H and O–H groups in total. The maximum Gasteiger partial charge on any atom is 0.423 e. The molecule has 1 aromatic heterocycles. The van der Waals surface area contributed by atoms with Crippen molar-refractivity contribution in [2.75, 3.05) is 31.1 Å². The first-order valence-corrected chi connectivity index (χ1v) is 5.14. The van der Waals surface area contributed by atoms with Crippen molar-refractivity contribution in [2.24, 2.45) is 5.73 Å². The van der Waals surface area contributed by atoms with E-state index in [0.717, 1.165) is 18.9 Å². The number of nitrogens with zero attached hydrogens (tertiary/aromatic N) is 3. The Balaban J connectivity index is 1.88. The number of primary amides is 1. The number of amides is 1. The van der Waals surface area contributed by atoms with E-state index in [-0.39, 0.29) is 0 Å². The number of carbonyl (C=O) groups excluding carboxylic acids is 1. The number of hydroxylamine groups is 2. The van der Waals surface area contributed by atoms with Crippen LogP contribution in [0.5, 0.6) is 0 Å². The van der Waals surface area contributed by atoms with Crippen LogP contribution in [-0.2, 0) is 4.84 Å². The molecule has 0 aliphatic carbocycles. The van der Waals surface area contributed by atoms with Crippen molar-refractivity contribution >= 4 is 11.9 Å². The van der Waals surface area contributed by atoms with Crippen LogP contribution in [0.4, 0.5) is 10.6 Å². The van der Waals surface area contributed by atoms with E-state index in [0.29, 0.717) is 13.1 Å². The summed E-state index contributed by atoms with van der Waals surface area (Å²) in [4.78, 5) is 21.8. The minimum absolute atomic E-state index is 0.638. The van der Waals surface area contributed by atoms with Crippen LogP contribution in [0.3, 0.4) is 0 Å². The molecule has 2 rings (SSSR count). The normalized spacial score (nSPS) is 17.1. The van der Waals surface area contributed by atoms with Crippen LogP contribution < -0.4 is 10.6 Å². The van der Waals surface area contributed by atoms with Gasteiger partial charge in [-0.25, -0.2) is 9.78 Å². The van der Waals surface area contributed by atoms with Gasteiger partial charge in [0.25, 0.3) is 0 Å². The molecule has 1 aliphatic rings. The molecule has 0 atom stereocenters. The van der Waals surface area contributed by atoms with Crippen molar-refractivity contribution in [3.8, 4) is 0 Å². The standard InChI is InChI=1S/C10H14N4O2/c11-10(15)16-14-7-5-13(6-8-14)9-3-1-2-4-12-9/h1-4H,5-8H2,(H2,11,15). The molecule has 1 saturated heterocycles. The summed E-state index contributed by atoms with van der Waals surface area (Å²) in [5.74, 6) is 0.946. The molecule has 1 amide bonds. The second kappa shape index (κ2) is 4.80. The summed E-state index contributed by atoms with van der Waals surface area (Å²) in [6.07, 6.45) is 1.01. The first kappa shape index (κ1) is 10.7. The molecule has 1 fully saturated rings. The van der Waals surface area contributed by atoms with Crippen molar-refractivity contribution < 1.29 is 9.63 Å². The van der Waals surface area contributed by atoms with E-state index >= 15 is 0 Å². The highest BCUT2D eigenvalue weighted by molar-refractivity contribution is 5.64. The molecule has 6 heteroatoms. The number of pyridine rings is 1. The lowest BCUT2D eigenvalue weighted by molar-refractivity contribution is -0.0987. The fourth-order valence-corrected chi connectivity index (χ4v) is 1.68.